The van der Waals surface area contributed by atoms with Crippen LogP contribution >= 0.6 is 0 Å². The van der Waals surface area contributed by atoms with Crippen LogP contribution in [-0.2, 0) is 9.59 Å². The lowest BCUT2D eigenvalue weighted by Gasteiger charge is -2.13. The molecule has 0 aliphatic heterocycles. The predicted octanol–water partition coefficient (Wildman–Crippen LogP) is 2.02. The summed E-state index contributed by atoms with van der Waals surface area (Å²) in [6.07, 6.45) is 0.619. The van der Waals surface area contributed by atoms with E-state index in [0.29, 0.717) is 18.6 Å². The van der Waals surface area contributed by atoms with Crippen LogP contribution in [0.15, 0.2) is 30.3 Å². The van der Waals surface area contributed by atoms with Gasteiger partial charge in [-0.05, 0) is 25.0 Å². The average Bonchev–Trinajstić information content (AvgIpc) is 2.34. The summed E-state index contributed by atoms with van der Waals surface area (Å²) in [5, 5.41) is 17.5. The highest BCUT2D eigenvalue weighted by molar-refractivity contribution is 5.70. The van der Waals surface area contributed by atoms with Gasteiger partial charge in [-0.15, -0.1) is 0 Å². The molecule has 0 aromatic heterocycles. The van der Waals surface area contributed by atoms with Crippen LogP contribution < -0.4 is 4.74 Å². The zero-order valence-electron chi connectivity index (χ0n) is 9.91. The second-order valence-electron chi connectivity index (χ2n) is 3.95. The Balaban J connectivity index is 2.38. The second kappa shape index (κ2) is 7.32. The Kier molecular flexibility index (Phi) is 5.70. The van der Waals surface area contributed by atoms with Gasteiger partial charge < -0.3 is 14.9 Å². The minimum absolute atomic E-state index is 0.0187. The van der Waals surface area contributed by atoms with Gasteiger partial charge in [0.1, 0.15) is 12.4 Å². The van der Waals surface area contributed by atoms with Gasteiger partial charge in [-0.1, -0.05) is 18.2 Å². The van der Waals surface area contributed by atoms with Crippen LogP contribution in [0.4, 0.5) is 0 Å². The predicted molar refractivity (Wildman–Crippen MR) is 64.5 cm³/mol. The van der Waals surface area contributed by atoms with Gasteiger partial charge in [0.25, 0.3) is 0 Å². The zero-order valence-corrected chi connectivity index (χ0v) is 9.91. The van der Waals surface area contributed by atoms with Crippen molar-refractivity contribution in [3.63, 3.8) is 0 Å². The van der Waals surface area contributed by atoms with Crippen LogP contribution in [0, 0.1) is 5.92 Å². The molecule has 0 aliphatic rings. The third kappa shape index (κ3) is 5.34. The molecule has 0 amide bonds. The molecule has 0 radical (unpaired) electrons. The maximum absolute atomic E-state index is 11.0. The summed E-state index contributed by atoms with van der Waals surface area (Å²) in [6.45, 7) is 0.0545. The molecule has 0 spiro atoms. The molecule has 0 heterocycles. The lowest BCUT2D eigenvalue weighted by molar-refractivity contribution is -0.144. The van der Waals surface area contributed by atoms with Crippen LogP contribution in [0.25, 0.3) is 0 Å². The van der Waals surface area contributed by atoms with Crippen molar-refractivity contribution in [1.29, 1.82) is 0 Å². The maximum atomic E-state index is 11.0. The Hall–Kier alpha value is -2.04. The number of carbonyl (C=O) groups is 2. The molecule has 0 saturated carbocycles. The summed E-state index contributed by atoms with van der Waals surface area (Å²) in [6, 6.07) is 8.94. The largest absolute Gasteiger partial charge is 0.493 e. The van der Waals surface area contributed by atoms with Crippen molar-refractivity contribution < 1.29 is 24.5 Å². The Morgan fingerprint density at radius 2 is 1.83 bits per heavy atom. The number of benzene rings is 1. The smallest absolute Gasteiger partial charge is 0.309 e. The van der Waals surface area contributed by atoms with Gasteiger partial charge in [0.05, 0.1) is 5.92 Å². The molecular formula is C13H16O5. The molecule has 1 aromatic rings. The Bertz CT molecular complexity index is 388. The topological polar surface area (TPSA) is 83.8 Å². The van der Waals surface area contributed by atoms with Gasteiger partial charge in [-0.3, -0.25) is 9.59 Å². The first-order valence-corrected chi connectivity index (χ1v) is 5.72. The highest BCUT2D eigenvalue weighted by atomic mass is 16.5. The number of para-hydroxylation sites is 1. The monoisotopic (exact) mass is 252 g/mol. The van der Waals surface area contributed by atoms with Crippen molar-refractivity contribution in [2.75, 3.05) is 6.61 Å². The summed E-state index contributed by atoms with van der Waals surface area (Å²) in [7, 11) is 0. The maximum Gasteiger partial charge on any atom is 0.309 e. The number of ether oxygens (including phenoxy) is 1. The molecule has 1 rings (SSSR count). The standard InChI is InChI=1S/C13H16O5/c14-12(15)8-4-5-10(13(16)17)9-18-11-6-2-1-3-7-11/h1-3,6-7,10H,4-5,8-9H2,(H,14,15)(H,16,17). The van der Waals surface area contributed by atoms with Gasteiger partial charge in [0.2, 0.25) is 0 Å². The van der Waals surface area contributed by atoms with Crippen molar-refractivity contribution >= 4 is 11.9 Å². The van der Waals surface area contributed by atoms with E-state index in [1.807, 2.05) is 6.07 Å². The number of hydrogen-bond donors (Lipinski definition) is 2. The van der Waals surface area contributed by atoms with Crippen LogP contribution in [0.2, 0.25) is 0 Å². The first-order valence-electron chi connectivity index (χ1n) is 5.72. The first kappa shape index (κ1) is 14.0. The van der Waals surface area contributed by atoms with Gasteiger partial charge in [0.15, 0.2) is 0 Å². The summed E-state index contributed by atoms with van der Waals surface area (Å²) < 4.78 is 5.36. The van der Waals surface area contributed by atoms with Gasteiger partial charge in [0, 0.05) is 6.42 Å². The fourth-order valence-electron chi connectivity index (χ4n) is 1.49. The third-order valence-corrected chi connectivity index (χ3v) is 2.49. The van der Waals surface area contributed by atoms with Crippen molar-refractivity contribution in [3.8, 4) is 5.75 Å². The molecule has 0 saturated heterocycles. The number of aliphatic carboxylic acids is 2. The lowest BCUT2D eigenvalue weighted by Crippen LogP contribution is -2.21. The van der Waals surface area contributed by atoms with Crippen LogP contribution in [0.3, 0.4) is 0 Å². The third-order valence-electron chi connectivity index (χ3n) is 2.49. The molecule has 1 atom stereocenters. The van der Waals surface area contributed by atoms with E-state index in [2.05, 4.69) is 0 Å². The van der Waals surface area contributed by atoms with Crippen LogP contribution in [-0.4, -0.2) is 28.8 Å². The molecule has 0 aliphatic carbocycles. The Labute approximate surface area is 105 Å². The summed E-state index contributed by atoms with van der Waals surface area (Å²) >= 11 is 0. The molecule has 5 nitrogen and oxygen atoms in total. The fourth-order valence-corrected chi connectivity index (χ4v) is 1.49. The minimum atomic E-state index is -0.962. The lowest BCUT2D eigenvalue weighted by atomic mass is 10.0. The Morgan fingerprint density at radius 3 is 2.39 bits per heavy atom. The highest BCUT2D eigenvalue weighted by Crippen LogP contribution is 2.14. The second-order valence-corrected chi connectivity index (χ2v) is 3.95. The molecule has 18 heavy (non-hydrogen) atoms. The summed E-state index contributed by atoms with van der Waals surface area (Å²) in [4.78, 5) is 21.3. The molecule has 2 N–H and O–H groups in total. The minimum Gasteiger partial charge on any atom is -0.493 e. The molecule has 0 bridgehead atoms. The number of carboxylic acids is 2. The van der Waals surface area contributed by atoms with E-state index in [1.54, 1.807) is 24.3 Å². The number of carboxylic acid groups (broad SMARTS) is 2. The van der Waals surface area contributed by atoms with E-state index in [9.17, 15) is 9.59 Å². The van der Waals surface area contributed by atoms with Crippen molar-refractivity contribution in [1.82, 2.24) is 0 Å². The molecule has 5 heteroatoms. The van der Waals surface area contributed by atoms with Crippen molar-refractivity contribution in [2.45, 2.75) is 19.3 Å². The SMILES string of the molecule is O=C(O)CCCC(COc1ccccc1)C(=O)O. The Morgan fingerprint density at radius 1 is 1.17 bits per heavy atom. The quantitative estimate of drug-likeness (QED) is 0.739. The molecule has 98 valence electrons. The fraction of sp³-hybridized carbons (Fsp3) is 0.385. The summed E-state index contributed by atoms with van der Waals surface area (Å²) in [5.74, 6) is -1.94. The van der Waals surface area contributed by atoms with Crippen molar-refractivity contribution in [2.24, 2.45) is 5.92 Å². The van der Waals surface area contributed by atoms with Gasteiger partial charge in [-0.2, -0.15) is 0 Å². The van der Waals surface area contributed by atoms with E-state index in [0.717, 1.165) is 0 Å². The van der Waals surface area contributed by atoms with Gasteiger partial charge in [-0.25, -0.2) is 0 Å². The van der Waals surface area contributed by atoms with E-state index >= 15 is 0 Å². The van der Waals surface area contributed by atoms with Crippen LogP contribution in [0.5, 0.6) is 5.75 Å². The normalized spacial score (nSPS) is 11.8. The van der Waals surface area contributed by atoms with E-state index in [1.165, 1.54) is 0 Å². The number of hydrogen-bond acceptors (Lipinski definition) is 3. The molecular weight excluding hydrogens is 236 g/mol. The average molecular weight is 252 g/mol. The van der Waals surface area contributed by atoms with E-state index < -0.39 is 17.9 Å². The summed E-state index contributed by atoms with van der Waals surface area (Å²) in [5.41, 5.74) is 0. The molecule has 0 fully saturated rings. The highest BCUT2D eigenvalue weighted by Gasteiger charge is 2.18. The van der Waals surface area contributed by atoms with E-state index in [4.69, 9.17) is 14.9 Å². The van der Waals surface area contributed by atoms with Crippen molar-refractivity contribution in [3.05, 3.63) is 30.3 Å². The van der Waals surface area contributed by atoms with Gasteiger partial charge >= 0.3 is 11.9 Å². The molecule has 1 unspecified atom stereocenters. The van der Waals surface area contributed by atoms with E-state index in [-0.39, 0.29) is 13.0 Å². The van der Waals surface area contributed by atoms with Crippen LogP contribution in [0.1, 0.15) is 19.3 Å². The number of rotatable bonds is 8. The zero-order chi connectivity index (χ0) is 13.4. The molecule has 1 aromatic carbocycles. The first-order chi connectivity index (χ1) is 8.59.